The Labute approximate surface area is 130 Å². The number of carbonyl (C=O) groups excluding carboxylic acids is 1. The number of nitrogens with two attached hydrogens (primary N) is 1. The molecule has 0 unspecified atom stereocenters. The number of hydrogen-bond donors (Lipinski definition) is 2. The topological polar surface area (TPSA) is 55.1 Å². The van der Waals surface area contributed by atoms with Gasteiger partial charge in [0.1, 0.15) is 0 Å². The van der Waals surface area contributed by atoms with E-state index in [1.807, 2.05) is 0 Å². The second-order valence-electron chi connectivity index (χ2n) is 6.03. The summed E-state index contributed by atoms with van der Waals surface area (Å²) in [5, 5.41) is 3.21. The van der Waals surface area contributed by atoms with Gasteiger partial charge in [-0.3, -0.25) is 4.79 Å². The summed E-state index contributed by atoms with van der Waals surface area (Å²) in [6.07, 6.45) is 12.7. The molecule has 0 aromatic heterocycles. The van der Waals surface area contributed by atoms with Crippen LogP contribution in [-0.2, 0) is 4.79 Å². The smallest absolute Gasteiger partial charge is 0.220 e. The highest BCUT2D eigenvalue weighted by Gasteiger charge is 2.21. The monoisotopic (exact) mass is 304 g/mol. The lowest BCUT2D eigenvalue weighted by molar-refractivity contribution is -0.122. The quantitative estimate of drug-likeness (QED) is 0.637. The van der Waals surface area contributed by atoms with Crippen molar-refractivity contribution in [3.05, 3.63) is 0 Å². The molecule has 1 fully saturated rings. The van der Waals surface area contributed by atoms with Gasteiger partial charge in [-0.2, -0.15) is 0 Å². The van der Waals surface area contributed by atoms with Gasteiger partial charge in [0.2, 0.25) is 5.91 Å². The SMILES string of the molecule is CCCC1CCC(NC(=O)CCCCCCN)CC1.Cl. The van der Waals surface area contributed by atoms with E-state index in [2.05, 4.69) is 12.2 Å². The van der Waals surface area contributed by atoms with Crippen molar-refractivity contribution in [1.29, 1.82) is 0 Å². The largest absolute Gasteiger partial charge is 0.353 e. The Morgan fingerprint density at radius 1 is 1.10 bits per heavy atom. The number of rotatable bonds is 9. The Balaban J connectivity index is 0.00000361. The lowest BCUT2D eigenvalue weighted by Crippen LogP contribution is -2.37. The molecule has 1 amide bonds. The van der Waals surface area contributed by atoms with E-state index in [1.165, 1.54) is 38.5 Å². The molecule has 3 nitrogen and oxygen atoms in total. The van der Waals surface area contributed by atoms with Crippen LogP contribution in [-0.4, -0.2) is 18.5 Å². The van der Waals surface area contributed by atoms with Crippen LogP contribution in [0.4, 0.5) is 0 Å². The first-order valence-electron chi connectivity index (χ1n) is 8.25. The van der Waals surface area contributed by atoms with E-state index in [1.54, 1.807) is 0 Å². The molecule has 1 aliphatic rings. The van der Waals surface area contributed by atoms with Crippen molar-refractivity contribution in [1.82, 2.24) is 5.32 Å². The van der Waals surface area contributed by atoms with Gasteiger partial charge in [0.05, 0.1) is 0 Å². The zero-order chi connectivity index (χ0) is 13.9. The van der Waals surface area contributed by atoms with E-state index >= 15 is 0 Å². The maximum atomic E-state index is 11.8. The maximum Gasteiger partial charge on any atom is 0.220 e. The van der Waals surface area contributed by atoms with Gasteiger partial charge in [-0.05, 0) is 51.0 Å². The molecule has 0 aromatic rings. The Morgan fingerprint density at radius 2 is 1.75 bits per heavy atom. The minimum Gasteiger partial charge on any atom is -0.353 e. The normalized spacial score (nSPS) is 22.1. The van der Waals surface area contributed by atoms with Crippen molar-refractivity contribution in [2.24, 2.45) is 11.7 Å². The molecule has 0 saturated heterocycles. The summed E-state index contributed by atoms with van der Waals surface area (Å²) in [7, 11) is 0. The highest BCUT2D eigenvalue weighted by Crippen LogP contribution is 2.27. The van der Waals surface area contributed by atoms with Crippen molar-refractivity contribution in [2.75, 3.05) is 6.54 Å². The van der Waals surface area contributed by atoms with Gasteiger partial charge in [0, 0.05) is 12.5 Å². The van der Waals surface area contributed by atoms with Gasteiger partial charge in [0.25, 0.3) is 0 Å². The van der Waals surface area contributed by atoms with Gasteiger partial charge < -0.3 is 11.1 Å². The summed E-state index contributed by atoms with van der Waals surface area (Å²) < 4.78 is 0. The molecule has 0 atom stereocenters. The fourth-order valence-electron chi connectivity index (χ4n) is 3.09. The van der Waals surface area contributed by atoms with Crippen molar-refractivity contribution >= 4 is 18.3 Å². The second-order valence-corrected chi connectivity index (χ2v) is 6.03. The molecular formula is C16H33ClN2O. The highest BCUT2D eigenvalue weighted by molar-refractivity contribution is 5.85. The zero-order valence-electron chi connectivity index (χ0n) is 13.0. The summed E-state index contributed by atoms with van der Waals surface area (Å²) in [5.41, 5.74) is 5.45. The zero-order valence-corrected chi connectivity index (χ0v) is 13.9. The molecule has 1 rings (SSSR count). The molecule has 3 N–H and O–H groups in total. The Kier molecular flexibility index (Phi) is 12.3. The van der Waals surface area contributed by atoms with Crippen molar-refractivity contribution in [3.63, 3.8) is 0 Å². The Bertz CT molecular complexity index is 241. The number of hydrogen-bond acceptors (Lipinski definition) is 2. The minimum absolute atomic E-state index is 0. The Hall–Kier alpha value is -0.280. The van der Waals surface area contributed by atoms with Crippen LogP contribution >= 0.6 is 12.4 Å². The van der Waals surface area contributed by atoms with Gasteiger partial charge in [0.15, 0.2) is 0 Å². The number of amides is 1. The van der Waals surface area contributed by atoms with Gasteiger partial charge in [-0.1, -0.05) is 32.6 Å². The first-order chi connectivity index (χ1) is 9.26. The number of unbranched alkanes of at least 4 members (excludes halogenated alkanes) is 3. The summed E-state index contributed by atoms with van der Waals surface area (Å²) >= 11 is 0. The van der Waals surface area contributed by atoms with Crippen LogP contribution in [0.2, 0.25) is 0 Å². The number of carbonyl (C=O) groups is 1. The van der Waals surface area contributed by atoms with Crippen molar-refractivity contribution in [3.8, 4) is 0 Å². The van der Waals surface area contributed by atoms with E-state index in [-0.39, 0.29) is 18.3 Å². The van der Waals surface area contributed by atoms with Crippen LogP contribution < -0.4 is 11.1 Å². The van der Waals surface area contributed by atoms with E-state index in [9.17, 15) is 4.79 Å². The first kappa shape index (κ1) is 19.7. The molecule has 1 saturated carbocycles. The fraction of sp³-hybridized carbons (Fsp3) is 0.938. The first-order valence-corrected chi connectivity index (χ1v) is 8.25. The van der Waals surface area contributed by atoms with Crippen LogP contribution in [0.25, 0.3) is 0 Å². The molecule has 0 aromatic carbocycles. The summed E-state index contributed by atoms with van der Waals surface area (Å²) in [6, 6.07) is 0.449. The Morgan fingerprint density at radius 3 is 2.35 bits per heavy atom. The van der Waals surface area contributed by atoms with E-state index in [0.29, 0.717) is 12.5 Å². The average molecular weight is 305 g/mol. The van der Waals surface area contributed by atoms with Crippen LogP contribution in [0.15, 0.2) is 0 Å². The second kappa shape index (κ2) is 12.5. The fourth-order valence-corrected chi connectivity index (χ4v) is 3.09. The maximum absolute atomic E-state index is 11.8. The third-order valence-electron chi connectivity index (χ3n) is 4.27. The third kappa shape index (κ3) is 8.80. The molecule has 4 heteroatoms. The molecule has 0 bridgehead atoms. The van der Waals surface area contributed by atoms with Crippen molar-refractivity contribution in [2.45, 2.75) is 83.6 Å². The van der Waals surface area contributed by atoms with Crippen LogP contribution in [0, 0.1) is 5.92 Å². The molecular weight excluding hydrogens is 272 g/mol. The molecule has 0 heterocycles. The summed E-state index contributed by atoms with van der Waals surface area (Å²) in [6.45, 7) is 3.03. The summed E-state index contributed by atoms with van der Waals surface area (Å²) in [5.74, 6) is 1.17. The number of nitrogens with one attached hydrogen (secondary N) is 1. The third-order valence-corrected chi connectivity index (χ3v) is 4.27. The van der Waals surface area contributed by atoms with Crippen LogP contribution in [0.1, 0.15) is 77.6 Å². The van der Waals surface area contributed by atoms with E-state index < -0.39 is 0 Å². The molecule has 0 aliphatic heterocycles. The van der Waals surface area contributed by atoms with E-state index in [4.69, 9.17) is 5.73 Å². The minimum atomic E-state index is 0. The molecule has 120 valence electrons. The van der Waals surface area contributed by atoms with Crippen molar-refractivity contribution < 1.29 is 4.79 Å². The predicted octanol–water partition coefficient (Wildman–Crippen LogP) is 3.79. The molecule has 0 spiro atoms. The predicted molar refractivity (Wildman–Crippen MR) is 88.2 cm³/mol. The van der Waals surface area contributed by atoms with E-state index in [0.717, 1.165) is 38.1 Å². The van der Waals surface area contributed by atoms with Crippen LogP contribution in [0.5, 0.6) is 0 Å². The molecule has 0 radical (unpaired) electrons. The standard InChI is InChI=1S/C16H32N2O.ClH/c1-2-7-14-9-11-15(12-10-14)18-16(19)8-5-3-4-6-13-17;/h14-15H,2-13,17H2,1H3,(H,18,19);1H. The van der Waals surface area contributed by atoms with Crippen LogP contribution in [0.3, 0.4) is 0 Å². The number of halogens is 1. The lowest BCUT2D eigenvalue weighted by atomic mass is 9.83. The lowest BCUT2D eigenvalue weighted by Gasteiger charge is -2.29. The molecule has 20 heavy (non-hydrogen) atoms. The highest BCUT2D eigenvalue weighted by atomic mass is 35.5. The molecule has 1 aliphatic carbocycles. The van der Waals surface area contributed by atoms with Gasteiger partial charge >= 0.3 is 0 Å². The van der Waals surface area contributed by atoms with Gasteiger partial charge in [-0.25, -0.2) is 0 Å². The van der Waals surface area contributed by atoms with Gasteiger partial charge in [-0.15, -0.1) is 12.4 Å². The average Bonchev–Trinajstić information content (AvgIpc) is 2.41. The summed E-state index contributed by atoms with van der Waals surface area (Å²) in [4.78, 5) is 11.8.